The number of hydrazone groups is 1. The fraction of sp³-hybridized carbons (Fsp3) is 0.118. The molecule has 0 aromatic heterocycles. The van der Waals surface area contributed by atoms with Crippen LogP contribution in [0.1, 0.15) is 21.5 Å². The number of aromatic carboxylic acids is 1. The van der Waals surface area contributed by atoms with E-state index in [9.17, 15) is 9.59 Å². The van der Waals surface area contributed by atoms with E-state index in [2.05, 4.69) is 26.5 Å². The summed E-state index contributed by atoms with van der Waals surface area (Å²) in [5, 5.41) is 12.7. The molecule has 2 aromatic carbocycles. The van der Waals surface area contributed by atoms with Gasteiger partial charge in [0.25, 0.3) is 0 Å². The summed E-state index contributed by atoms with van der Waals surface area (Å²) in [4.78, 5) is 22.4. The molecule has 0 heterocycles. The molecule has 2 rings (SSSR count). The highest BCUT2D eigenvalue weighted by Crippen LogP contribution is 2.16. The zero-order valence-electron chi connectivity index (χ0n) is 12.6. The van der Waals surface area contributed by atoms with Crippen molar-refractivity contribution in [2.75, 3.05) is 5.75 Å². The molecule has 0 unspecified atom stereocenters. The molecule has 0 aliphatic carbocycles. The van der Waals surface area contributed by atoms with Crippen LogP contribution in [-0.2, 0) is 10.5 Å². The lowest BCUT2D eigenvalue weighted by molar-refractivity contribution is -0.118. The van der Waals surface area contributed by atoms with Crippen LogP contribution >= 0.6 is 27.7 Å². The van der Waals surface area contributed by atoms with Gasteiger partial charge in [-0.1, -0.05) is 40.2 Å². The van der Waals surface area contributed by atoms with E-state index in [0.717, 1.165) is 15.8 Å². The Bertz CT molecular complexity index is 748. The fourth-order valence-corrected chi connectivity index (χ4v) is 3.03. The average Bonchev–Trinajstić information content (AvgIpc) is 2.55. The first-order valence-corrected chi connectivity index (χ1v) is 8.97. The molecule has 0 fully saturated rings. The van der Waals surface area contributed by atoms with Gasteiger partial charge in [0.2, 0.25) is 5.91 Å². The third kappa shape index (κ3) is 6.17. The lowest BCUT2D eigenvalue weighted by atomic mass is 10.1. The third-order valence-electron chi connectivity index (χ3n) is 2.95. The SMILES string of the molecule is O=C(CSCc1cccc(Br)c1)N/N=C\c1ccc(C(=O)O)cc1. The second-order valence-electron chi connectivity index (χ2n) is 4.84. The number of halogens is 1. The third-order valence-corrected chi connectivity index (χ3v) is 4.45. The molecule has 2 N–H and O–H groups in total. The van der Waals surface area contributed by atoms with E-state index in [1.165, 1.54) is 30.1 Å². The van der Waals surface area contributed by atoms with Crippen LogP contribution in [0.25, 0.3) is 0 Å². The molecule has 0 spiro atoms. The maximum Gasteiger partial charge on any atom is 0.335 e. The molecule has 7 heteroatoms. The molecular weight excluding hydrogens is 392 g/mol. The molecule has 0 saturated heterocycles. The summed E-state index contributed by atoms with van der Waals surface area (Å²) in [5.41, 5.74) is 4.51. The zero-order valence-corrected chi connectivity index (χ0v) is 15.0. The topological polar surface area (TPSA) is 78.8 Å². The van der Waals surface area contributed by atoms with Gasteiger partial charge in [-0.15, -0.1) is 11.8 Å². The molecule has 0 aliphatic rings. The van der Waals surface area contributed by atoms with Gasteiger partial charge in [-0.25, -0.2) is 10.2 Å². The maximum absolute atomic E-state index is 11.7. The van der Waals surface area contributed by atoms with Crippen molar-refractivity contribution in [2.45, 2.75) is 5.75 Å². The largest absolute Gasteiger partial charge is 0.478 e. The monoisotopic (exact) mass is 406 g/mol. The van der Waals surface area contributed by atoms with Crippen LogP contribution in [0.5, 0.6) is 0 Å². The molecule has 5 nitrogen and oxygen atoms in total. The maximum atomic E-state index is 11.7. The van der Waals surface area contributed by atoms with Gasteiger partial charge in [0, 0.05) is 10.2 Å². The van der Waals surface area contributed by atoms with Gasteiger partial charge in [0.1, 0.15) is 0 Å². The number of amides is 1. The molecule has 1 amide bonds. The van der Waals surface area contributed by atoms with Crippen molar-refractivity contribution in [1.29, 1.82) is 0 Å². The Morgan fingerprint density at radius 1 is 1.21 bits per heavy atom. The van der Waals surface area contributed by atoms with Crippen molar-refractivity contribution < 1.29 is 14.7 Å². The van der Waals surface area contributed by atoms with Crippen molar-refractivity contribution in [3.8, 4) is 0 Å². The van der Waals surface area contributed by atoms with E-state index in [-0.39, 0.29) is 11.5 Å². The Kier molecular flexibility index (Phi) is 7.02. The lowest BCUT2D eigenvalue weighted by Crippen LogP contribution is -2.19. The van der Waals surface area contributed by atoms with Gasteiger partial charge in [0.05, 0.1) is 17.5 Å². The highest BCUT2D eigenvalue weighted by molar-refractivity contribution is 9.10. The molecule has 24 heavy (non-hydrogen) atoms. The van der Waals surface area contributed by atoms with Gasteiger partial charge in [-0.2, -0.15) is 5.10 Å². The van der Waals surface area contributed by atoms with Gasteiger partial charge in [-0.3, -0.25) is 4.79 Å². The van der Waals surface area contributed by atoms with Crippen molar-refractivity contribution in [3.63, 3.8) is 0 Å². The highest BCUT2D eigenvalue weighted by Gasteiger charge is 2.02. The number of carbonyl (C=O) groups is 2. The molecule has 0 atom stereocenters. The standard InChI is InChI=1S/C17H15BrN2O3S/c18-15-3-1-2-13(8-15)10-24-11-16(21)20-19-9-12-4-6-14(7-5-12)17(22)23/h1-9H,10-11H2,(H,20,21)(H,22,23)/b19-9-. The Balaban J connectivity index is 1.73. The first-order chi connectivity index (χ1) is 11.5. The van der Waals surface area contributed by atoms with E-state index in [0.29, 0.717) is 11.3 Å². The number of nitrogens with one attached hydrogen (secondary N) is 1. The average molecular weight is 407 g/mol. The Hall–Kier alpha value is -2.12. The van der Waals surface area contributed by atoms with Gasteiger partial charge >= 0.3 is 5.97 Å². The van der Waals surface area contributed by atoms with E-state index < -0.39 is 5.97 Å². The van der Waals surface area contributed by atoms with Gasteiger partial charge in [-0.05, 0) is 35.4 Å². The molecule has 2 aromatic rings. The van der Waals surface area contributed by atoms with E-state index in [4.69, 9.17) is 5.11 Å². The van der Waals surface area contributed by atoms with Crippen LogP contribution < -0.4 is 5.43 Å². The van der Waals surface area contributed by atoms with Crippen LogP contribution in [0.3, 0.4) is 0 Å². The van der Waals surface area contributed by atoms with Crippen molar-refractivity contribution >= 4 is 45.8 Å². The van der Waals surface area contributed by atoms with E-state index in [1.54, 1.807) is 12.1 Å². The minimum Gasteiger partial charge on any atom is -0.478 e. The number of hydrogen-bond acceptors (Lipinski definition) is 4. The fourth-order valence-electron chi connectivity index (χ4n) is 1.81. The number of rotatable bonds is 7. The van der Waals surface area contributed by atoms with Crippen LogP contribution in [0.2, 0.25) is 0 Å². The summed E-state index contributed by atoms with van der Waals surface area (Å²) >= 11 is 4.91. The smallest absolute Gasteiger partial charge is 0.335 e. The Morgan fingerprint density at radius 3 is 2.62 bits per heavy atom. The highest BCUT2D eigenvalue weighted by atomic mass is 79.9. The number of thioether (sulfide) groups is 1. The summed E-state index contributed by atoms with van der Waals surface area (Å²) in [6, 6.07) is 14.2. The molecule has 0 radical (unpaired) electrons. The first kappa shape index (κ1) is 18.2. The van der Waals surface area contributed by atoms with Crippen molar-refractivity contribution in [1.82, 2.24) is 5.43 Å². The van der Waals surface area contributed by atoms with Crippen LogP contribution in [0.4, 0.5) is 0 Å². The van der Waals surface area contributed by atoms with Gasteiger partial charge < -0.3 is 5.11 Å². The normalized spacial score (nSPS) is 10.7. The minimum atomic E-state index is -0.978. The van der Waals surface area contributed by atoms with Crippen LogP contribution in [-0.4, -0.2) is 29.0 Å². The zero-order chi connectivity index (χ0) is 17.4. The Morgan fingerprint density at radius 2 is 1.96 bits per heavy atom. The summed E-state index contributed by atoms with van der Waals surface area (Å²) < 4.78 is 1.02. The predicted molar refractivity (Wildman–Crippen MR) is 99.4 cm³/mol. The summed E-state index contributed by atoms with van der Waals surface area (Å²) in [7, 11) is 0. The molecule has 0 bridgehead atoms. The minimum absolute atomic E-state index is 0.187. The number of hydrogen-bond donors (Lipinski definition) is 2. The van der Waals surface area contributed by atoms with Crippen molar-refractivity contribution in [2.24, 2.45) is 5.10 Å². The summed E-state index contributed by atoms with van der Waals surface area (Å²) in [5.74, 6) is -0.114. The van der Waals surface area contributed by atoms with Gasteiger partial charge in [0.15, 0.2) is 0 Å². The van der Waals surface area contributed by atoms with Crippen molar-refractivity contribution in [3.05, 3.63) is 69.7 Å². The molecule has 0 aliphatic heterocycles. The van der Waals surface area contributed by atoms with E-state index in [1.807, 2.05) is 24.3 Å². The Labute approximate surface area is 152 Å². The number of nitrogens with zero attached hydrogens (tertiary/aromatic N) is 1. The number of carboxylic acid groups (broad SMARTS) is 1. The number of carbonyl (C=O) groups excluding carboxylic acids is 1. The number of carboxylic acids is 1. The predicted octanol–water partition coefficient (Wildman–Crippen LogP) is 3.53. The van der Waals surface area contributed by atoms with E-state index >= 15 is 0 Å². The summed E-state index contributed by atoms with van der Waals surface area (Å²) in [6.07, 6.45) is 1.47. The first-order valence-electron chi connectivity index (χ1n) is 7.02. The molecule has 124 valence electrons. The summed E-state index contributed by atoms with van der Waals surface area (Å²) in [6.45, 7) is 0. The van der Waals surface area contributed by atoms with Crippen LogP contribution in [0, 0.1) is 0 Å². The number of benzene rings is 2. The second-order valence-corrected chi connectivity index (χ2v) is 6.74. The quantitative estimate of drug-likeness (QED) is 0.544. The lowest BCUT2D eigenvalue weighted by Gasteiger charge is -2.02. The molecular formula is C17H15BrN2O3S. The second kappa shape index (κ2) is 9.24. The van der Waals surface area contributed by atoms with Crippen LogP contribution in [0.15, 0.2) is 58.1 Å². The molecule has 0 saturated carbocycles.